The van der Waals surface area contributed by atoms with E-state index in [1.54, 1.807) is 42.5 Å². The summed E-state index contributed by atoms with van der Waals surface area (Å²) in [4.78, 5) is 36.5. The van der Waals surface area contributed by atoms with Gasteiger partial charge in [-0.15, -0.1) is 12.6 Å². The maximum atomic E-state index is 12.4. The van der Waals surface area contributed by atoms with Crippen LogP contribution in [0.15, 0.2) is 53.4 Å². The van der Waals surface area contributed by atoms with Crippen molar-refractivity contribution in [1.82, 2.24) is 10.6 Å². The van der Waals surface area contributed by atoms with Gasteiger partial charge in [-0.25, -0.2) is 0 Å². The van der Waals surface area contributed by atoms with E-state index in [1.807, 2.05) is 6.07 Å². The number of carbonyl (C=O) groups excluding carboxylic acids is 2. The van der Waals surface area contributed by atoms with Crippen LogP contribution in [0.2, 0.25) is 0 Å². The van der Waals surface area contributed by atoms with Crippen LogP contribution in [0.1, 0.15) is 46.8 Å². The molecular formula is C22H26N4O4S. The number of thiol groups is 1. The number of nitrogens with one attached hydrogen (secondary N) is 3. The van der Waals surface area contributed by atoms with E-state index in [4.69, 9.17) is 16.2 Å². The van der Waals surface area contributed by atoms with Crippen LogP contribution in [-0.4, -0.2) is 35.3 Å². The van der Waals surface area contributed by atoms with E-state index < -0.39 is 23.8 Å². The van der Waals surface area contributed by atoms with Crippen molar-refractivity contribution >= 4 is 36.2 Å². The summed E-state index contributed by atoms with van der Waals surface area (Å²) in [6, 6.07) is 13.2. The van der Waals surface area contributed by atoms with Crippen molar-refractivity contribution in [2.45, 2.75) is 36.6 Å². The van der Waals surface area contributed by atoms with Crippen molar-refractivity contribution in [2.75, 3.05) is 6.54 Å². The molecular weight excluding hydrogens is 416 g/mol. The lowest BCUT2D eigenvalue weighted by atomic mass is 10.0. The molecule has 31 heavy (non-hydrogen) atoms. The molecule has 0 aliphatic heterocycles. The maximum absolute atomic E-state index is 12.4. The van der Waals surface area contributed by atoms with Gasteiger partial charge in [-0.1, -0.05) is 30.3 Å². The zero-order valence-electron chi connectivity index (χ0n) is 16.9. The molecule has 1 atom stereocenters. The number of amidine groups is 1. The molecule has 2 aromatic carbocycles. The van der Waals surface area contributed by atoms with E-state index in [0.717, 1.165) is 5.56 Å². The zero-order valence-corrected chi connectivity index (χ0v) is 17.8. The molecule has 2 rings (SSSR count). The number of hydrogen-bond donors (Lipinski definition) is 6. The molecule has 2 aromatic rings. The third-order valence-electron chi connectivity index (χ3n) is 4.54. The first-order valence-corrected chi connectivity index (χ1v) is 10.2. The van der Waals surface area contributed by atoms with Gasteiger partial charge in [0.25, 0.3) is 5.91 Å². The summed E-state index contributed by atoms with van der Waals surface area (Å²) in [5.74, 6) is -1.85. The monoisotopic (exact) mass is 442 g/mol. The first kappa shape index (κ1) is 23.9. The predicted octanol–water partition coefficient (Wildman–Crippen LogP) is 2.30. The van der Waals surface area contributed by atoms with E-state index in [2.05, 4.69) is 23.3 Å². The summed E-state index contributed by atoms with van der Waals surface area (Å²) >= 11 is 4.33. The Bertz CT molecular complexity index is 964. The Labute approximate surface area is 186 Å². The maximum Gasteiger partial charge on any atom is 0.305 e. The second kappa shape index (κ2) is 11.8. The van der Waals surface area contributed by atoms with Crippen molar-refractivity contribution in [3.63, 3.8) is 0 Å². The van der Waals surface area contributed by atoms with Gasteiger partial charge in [-0.3, -0.25) is 19.8 Å². The van der Waals surface area contributed by atoms with E-state index in [0.29, 0.717) is 35.3 Å². The molecule has 0 aliphatic rings. The number of rotatable bonds is 11. The Morgan fingerprint density at radius 1 is 1.13 bits per heavy atom. The van der Waals surface area contributed by atoms with Gasteiger partial charge in [-0.05, 0) is 42.2 Å². The van der Waals surface area contributed by atoms with Gasteiger partial charge in [0.15, 0.2) is 0 Å². The lowest BCUT2D eigenvalue weighted by molar-refractivity contribution is -0.137. The SMILES string of the molecule is N=C(N)CCCc1cccc(C(=O)NCC(=O)NC(CC(=O)O)c2ccccc2S)c1. The van der Waals surface area contributed by atoms with Crippen molar-refractivity contribution in [2.24, 2.45) is 5.73 Å². The van der Waals surface area contributed by atoms with Crippen molar-refractivity contribution < 1.29 is 19.5 Å². The van der Waals surface area contributed by atoms with Crippen LogP contribution in [0.5, 0.6) is 0 Å². The standard InChI is InChI=1S/C22H26N4O4S/c23-19(24)10-4-6-14-5-3-7-15(11-14)22(30)25-13-20(27)26-17(12-21(28)29)16-8-1-2-9-18(16)31/h1-3,5,7-9,11,17,31H,4,6,10,12-13H2,(H3,23,24)(H,25,30)(H,26,27)(H,28,29). The van der Waals surface area contributed by atoms with Crippen LogP contribution in [0.25, 0.3) is 0 Å². The van der Waals surface area contributed by atoms with Gasteiger partial charge < -0.3 is 21.5 Å². The number of carboxylic acid groups (broad SMARTS) is 1. The number of aryl methyl sites for hydroxylation is 1. The minimum Gasteiger partial charge on any atom is -0.481 e. The third-order valence-corrected chi connectivity index (χ3v) is 4.94. The Morgan fingerprint density at radius 3 is 2.55 bits per heavy atom. The van der Waals surface area contributed by atoms with E-state index in [1.165, 1.54) is 0 Å². The number of carboxylic acids is 1. The Hall–Kier alpha value is -3.33. The van der Waals surface area contributed by atoms with Gasteiger partial charge in [0.1, 0.15) is 0 Å². The van der Waals surface area contributed by atoms with Crippen molar-refractivity contribution in [3.8, 4) is 0 Å². The Morgan fingerprint density at radius 2 is 1.87 bits per heavy atom. The van der Waals surface area contributed by atoms with Crippen LogP contribution < -0.4 is 16.4 Å². The molecule has 2 amide bonds. The zero-order chi connectivity index (χ0) is 22.8. The molecule has 0 aliphatic carbocycles. The molecule has 9 heteroatoms. The average molecular weight is 443 g/mol. The van der Waals surface area contributed by atoms with E-state index in [9.17, 15) is 14.4 Å². The predicted molar refractivity (Wildman–Crippen MR) is 120 cm³/mol. The molecule has 0 saturated carbocycles. The molecule has 0 saturated heterocycles. The molecule has 8 nitrogen and oxygen atoms in total. The number of hydrogen-bond acceptors (Lipinski definition) is 5. The molecule has 0 aromatic heterocycles. The quantitative estimate of drug-likeness (QED) is 0.180. The summed E-state index contributed by atoms with van der Waals surface area (Å²) in [6.45, 7) is -0.293. The molecule has 0 spiro atoms. The highest BCUT2D eigenvalue weighted by molar-refractivity contribution is 7.80. The second-order valence-corrected chi connectivity index (χ2v) is 7.52. The Kier molecular flexibility index (Phi) is 9.08. The topological polar surface area (TPSA) is 145 Å². The van der Waals surface area contributed by atoms with Crippen LogP contribution >= 0.6 is 12.6 Å². The summed E-state index contributed by atoms with van der Waals surface area (Å²) in [5, 5.41) is 21.6. The molecule has 0 heterocycles. The average Bonchev–Trinajstić information content (AvgIpc) is 2.71. The highest BCUT2D eigenvalue weighted by atomic mass is 32.1. The normalized spacial score (nSPS) is 11.4. The lowest BCUT2D eigenvalue weighted by Crippen LogP contribution is -2.39. The summed E-state index contributed by atoms with van der Waals surface area (Å²) in [7, 11) is 0. The molecule has 0 fully saturated rings. The molecule has 1 unspecified atom stereocenters. The number of amides is 2. The van der Waals surface area contributed by atoms with Gasteiger partial charge in [-0.2, -0.15) is 0 Å². The molecule has 0 radical (unpaired) electrons. The molecule has 164 valence electrons. The summed E-state index contributed by atoms with van der Waals surface area (Å²) < 4.78 is 0. The fourth-order valence-corrected chi connectivity index (χ4v) is 3.37. The number of aliphatic carboxylic acids is 1. The smallest absolute Gasteiger partial charge is 0.305 e. The fourth-order valence-electron chi connectivity index (χ4n) is 3.05. The largest absolute Gasteiger partial charge is 0.481 e. The first-order chi connectivity index (χ1) is 14.8. The highest BCUT2D eigenvalue weighted by Crippen LogP contribution is 2.23. The third kappa shape index (κ3) is 8.13. The molecule has 0 bridgehead atoms. The number of nitrogens with two attached hydrogens (primary N) is 1. The minimum atomic E-state index is -1.06. The number of benzene rings is 2. The van der Waals surface area contributed by atoms with Gasteiger partial charge in [0.05, 0.1) is 24.8 Å². The van der Waals surface area contributed by atoms with Crippen LogP contribution in [0.3, 0.4) is 0 Å². The molecule has 6 N–H and O–H groups in total. The van der Waals surface area contributed by atoms with Gasteiger partial charge in [0.2, 0.25) is 5.91 Å². The summed E-state index contributed by atoms with van der Waals surface area (Å²) in [6.07, 6.45) is 1.57. The lowest BCUT2D eigenvalue weighted by Gasteiger charge is -2.19. The van der Waals surface area contributed by atoms with E-state index >= 15 is 0 Å². The van der Waals surface area contributed by atoms with Crippen LogP contribution in [0, 0.1) is 5.41 Å². The fraction of sp³-hybridized carbons (Fsp3) is 0.273. The highest BCUT2D eigenvalue weighted by Gasteiger charge is 2.20. The van der Waals surface area contributed by atoms with Crippen LogP contribution in [-0.2, 0) is 16.0 Å². The second-order valence-electron chi connectivity index (χ2n) is 7.04. The summed E-state index contributed by atoms with van der Waals surface area (Å²) in [5.41, 5.74) is 7.29. The Balaban J connectivity index is 1.94. The van der Waals surface area contributed by atoms with Gasteiger partial charge in [0, 0.05) is 16.9 Å². The van der Waals surface area contributed by atoms with Crippen molar-refractivity contribution in [3.05, 3.63) is 65.2 Å². The van der Waals surface area contributed by atoms with Gasteiger partial charge >= 0.3 is 5.97 Å². The number of carbonyl (C=O) groups is 3. The minimum absolute atomic E-state index is 0.127. The van der Waals surface area contributed by atoms with E-state index in [-0.39, 0.29) is 18.8 Å². The van der Waals surface area contributed by atoms with Crippen LogP contribution in [0.4, 0.5) is 0 Å². The first-order valence-electron chi connectivity index (χ1n) is 9.75. The van der Waals surface area contributed by atoms with Crippen molar-refractivity contribution in [1.29, 1.82) is 5.41 Å².